The van der Waals surface area contributed by atoms with Gasteiger partial charge in [-0.15, -0.1) is 0 Å². The molecule has 0 aromatic heterocycles. The van der Waals surface area contributed by atoms with Crippen LogP contribution in [0.5, 0.6) is 0 Å². The Bertz CT molecular complexity index is 106. The van der Waals surface area contributed by atoms with Gasteiger partial charge in [-0.1, -0.05) is 34.1 Å². The van der Waals surface area contributed by atoms with Gasteiger partial charge in [0.15, 0.2) is 0 Å². The van der Waals surface area contributed by atoms with Crippen LogP contribution in [0.25, 0.3) is 0 Å². The lowest BCUT2D eigenvalue weighted by Crippen LogP contribution is -2.37. The van der Waals surface area contributed by atoms with E-state index in [9.17, 15) is 0 Å². The Balaban J connectivity index is 0.000000671. The summed E-state index contributed by atoms with van der Waals surface area (Å²) in [5.74, 6) is 0.859. The SMILES string of the molecule is CC.CC(C)CCN(C)C1CCC1. The summed E-state index contributed by atoms with van der Waals surface area (Å²) in [5.41, 5.74) is 0. The number of nitrogens with zero attached hydrogens (tertiary/aromatic N) is 1. The average molecular weight is 185 g/mol. The fourth-order valence-electron chi connectivity index (χ4n) is 1.47. The van der Waals surface area contributed by atoms with Crippen molar-refractivity contribution < 1.29 is 0 Å². The molecule has 0 spiro atoms. The molecule has 13 heavy (non-hydrogen) atoms. The van der Waals surface area contributed by atoms with Crippen LogP contribution in [-0.4, -0.2) is 24.5 Å². The van der Waals surface area contributed by atoms with Crippen molar-refractivity contribution in [3.05, 3.63) is 0 Å². The van der Waals surface area contributed by atoms with Crippen LogP contribution in [0.4, 0.5) is 0 Å². The van der Waals surface area contributed by atoms with E-state index >= 15 is 0 Å². The Morgan fingerprint density at radius 3 is 2.08 bits per heavy atom. The molecule has 0 aliphatic heterocycles. The first-order valence-corrected chi connectivity index (χ1v) is 5.90. The summed E-state index contributed by atoms with van der Waals surface area (Å²) in [6.07, 6.45) is 5.69. The third-order valence-electron chi connectivity index (χ3n) is 2.76. The molecule has 0 unspecified atom stereocenters. The third-order valence-corrected chi connectivity index (χ3v) is 2.76. The second kappa shape index (κ2) is 7.37. The summed E-state index contributed by atoms with van der Waals surface area (Å²) >= 11 is 0. The van der Waals surface area contributed by atoms with E-state index in [-0.39, 0.29) is 0 Å². The molecule has 0 N–H and O–H groups in total. The van der Waals surface area contributed by atoms with Crippen LogP contribution < -0.4 is 0 Å². The van der Waals surface area contributed by atoms with Crippen molar-refractivity contribution in [1.82, 2.24) is 4.90 Å². The molecular weight excluding hydrogens is 158 g/mol. The molecule has 1 nitrogen and oxygen atoms in total. The zero-order valence-corrected chi connectivity index (χ0v) is 10.1. The number of hydrogen-bond acceptors (Lipinski definition) is 1. The van der Waals surface area contributed by atoms with Gasteiger partial charge < -0.3 is 4.90 Å². The Morgan fingerprint density at radius 2 is 1.77 bits per heavy atom. The first-order valence-electron chi connectivity index (χ1n) is 5.90. The van der Waals surface area contributed by atoms with Gasteiger partial charge in [0.25, 0.3) is 0 Å². The molecule has 0 bridgehead atoms. The Labute approximate surface area is 84.5 Å². The lowest BCUT2D eigenvalue weighted by Gasteiger charge is -2.35. The van der Waals surface area contributed by atoms with E-state index in [1.54, 1.807) is 0 Å². The molecule has 1 rings (SSSR count). The lowest BCUT2D eigenvalue weighted by atomic mass is 9.91. The maximum absolute atomic E-state index is 2.53. The summed E-state index contributed by atoms with van der Waals surface area (Å²) in [7, 11) is 2.27. The normalized spacial score (nSPS) is 16.8. The maximum Gasteiger partial charge on any atom is 0.00922 e. The van der Waals surface area contributed by atoms with Crippen molar-refractivity contribution in [3.8, 4) is 0 Å². The van der Waals surface area contributed by atoms with Crippen LogP contribution in [0.1, 0.15) is 53.4 Å². The first-order chi connectivity index (χ1) is 6.20. The van der Waals surface area contributed by atoms with Gasteiger partial charge in [-0.3, -0.25) is 0 Å². The summed E-state index contributed by atoms with van der Waals surface area (Å²) < 4.78 is 0. The van der Waals surface area contributed by atoms with Crippen molar-refractivity contribution in [2.75, 3.05) is 13.6 Å². The van der Waals surface area contributed by atoms with Crippen LogP contribution >= 0.6 is 0 Å². The predicted molar refractivity (Wildman–Crippen MR) is 61.1 cm³/mol. The van der Waals surface area contributed by atoms with Crippen molar-refractivity contribution in [1.29, 1.82) is 0 Å². The van der Waals surface area contributed by atoms with Gasteiger partial charge >= 0.3 is 0 Å². The van der Waals surface area contributed by atoms with Crippen LogP contribution in [0, 0.1) is 5.92 Å². The standard InChI is InChI=1S/C10H21N.C2H6/c1-9(2)7-8-11(3)10-5-4-6-10;1-2/h9-10H,4-8H2,1-3H3;1-2H3. The van der Waals surface area contributed by atoms with Gasteiger partial charge in [-0.25, -0.2) is 0 Å². The molecule has 0 aromatic carbocycles. The van der Waals surface area contributed by atoms with Crippen LogP contribution in [-0.2, 0) is 0 Å². The fraction of sp³-hybridized carbons (Fsp3) is 1.00. The Morgan fingerprint density at radius 1 is 1.23 bits per heavy atom. The zero-order chi connectivity index (χ0) is 10.3. The summed E-state index contributed by atoms with van der Waals surface area (Å²) in [5, 5.41) is 0. The van der Waals surface area contributed by atoms with E-state index in [0.717, 1.165) is 12.0 Å². The molecule has 1 heteroatoms. The lowest BCUT2D eigenvalue weighted by molar-refractivity contribution is 0.153. The van der Waals surface area contributed by atoms with E-state index in [0.29, 0.717) is 0 Å². The zero-order valence-electron chi connectivity index (χ0n) is 10.1. The van der Waals surface area contributed by atoms with Gasteiger partial charge in [0.2, 0.25) is 0 Å². The van der Waals surface area contributed by atoms with Gasteiger partial charge in [-0.2, -0.15) is 0 Å². The first kappa shape index (κ1) is 13.0. The molecular formula is C12H27N. The molecule has 1 aliphatic rings. The van der Waals surface area contributed by atoms with Crippen molar-refractivity contribution in [2.24, 2.45) is 5.92 Å². The minimum atomic E-state index is 0.859. The molecule has 0 heterocycles. The minimum absolute atomic E-state index is 0.859. The average Bonchev–Trinajstić information content (AvgIpc) is 2.01. The fourth-order valence-corrected chi connectivity index (χ4v) is 1.47. The van der Waals surface area contributed by atoms with Gasteiger partial charge in [-0.05, 0) is 38.8 Å². The van der Waals surface area contributed by atoms with Gasteiger partial charge in [0.1, 0.15) is 0 Å². The highest BCUT2D eigenvalue weighted by molar-refractivity contribution is 4.77. The second-order valence-electron chi connectivity index (χ2n) is 4.25. The molecule has 1 fully saturated rings. The molecule has 0 radical (unpaired) electrons. The molecule has 0 amide bonds. The number of rotatable bonds is 4. The molecule has 80 valence electrons. The number of hydrogen-bond donors (Lipinski definition) is 0. The van der Waals surface area contributed by atoms with E-state index in [4.69, 9.17) is 0 Å². The van der Waals surface area contributed by atoms with Crippen molar-refractivity contribution in [2.45, 2.75) is 59.4 Å². The summed E-state index contributed by atoms with van der Waals surface area (Å²) in [6, 6.07) is 0.925. The van der Waals surface area contributed by atoms with E-state index in [2.05, 4.69) is 25.8 Å². The second-order valence-corrected chi connectivity index (χ2v) is 4.25. The molecule has 1 aliphatic carbocycles. The smallest absolute Gasteiger partial charge is 0.00922 e. The third kappa shape index (κ3) is 5.30. The monoisotopic (exact) mass is 185 g/mol. The van der Waals surface area contributed by atoms with Gasteiger partial charge in [0.05, 0.1) is 0 Å². The highest BCUT2D eigenvalue weighted by Gasteiger charge is 2.21. The largest absolute Gasteiger partial charge is 0.303 e. The minimum Gasteiger partial charge on any atom is -0.303 e. The van der Waals surface area contributed by atoms with Crippen molar-refractivity contribution >= 4 is 0 Å². The molecule has 1 saturated carbocycles. The summed E-state index contributed by atoms with van der Waals surface area (Å²) in [6.45, 7) is 9.89. The van der Waals surface area contributed by atoms with Crippen LogP contribution in [0.2, 0.25) is 0 Å². The highest BCUT2D eigenvalue weighted by atomic mass is 15.1. The van der Waals surface area contributed by atoms with Crippen LogP contribution in [0.3, 0.4) is 0 Å². The predicted octanol–water partition coefficient (Wildman–Crippen LogP) is 3.54. The van der Waals surface area contributed by atoms with E-state index < -0.39 is 0 Å². The maximum atomic E-state index is 2.53. The topological polar surface area (TPSA) is 3.24 Å². The quantitative estimate of drug-likeness (QED) is 0.647. The Hall–Kier alpha value is -0.0400. The molecule has 0 aromatic rings. The van der Waals surface area contributed by atoms with Crippen molar-refractivity contribution in [3.63, 3.8) is 0 Å². The molecule has 0 saturated heterocycles. The van der Waals surface area contributed by atoms with Crippen LogP contribution in [0.15, 0.2) is 0 Å². The van der Waals surface area contributed by atoms with E-state index in [1.807, 2.05) is 13.8 Å². The molecule has 0 atom stereocenters. The van der Waals surface area contributed by atoms with E-state index in [1.165, 1.54) is 32.2 Å². The Kier molecular flexibility index (Phi) is 7.35. The highest BCUT2D eigenvalue weighted by Crippen LogP contribution is 2.23. The van der Waals surface area contributed by atoms with Gasteiger partial charge in [0, 0.05) is 6.04 Å². The summed E-state index contributed by atoms with van der Waals surface area (Å²) in [4.78, 5) is 2.53.